The molecule has 1 saturated heterocycles. The zero-order chi connectivity index (χ0) is 19.5. The molecule has 5 nitrogen and oxygen atoms in total. The maximum Gasteiger partial charge on any atom is 0.239 e. The molecule has 1 fully saturated rings. The van der Waals surface area contributed by atoms with Gasteiger partial charge in [0.15, 0.2) is 0 Å². The Balaban J connectivity index is 1.33. The Hall–Kier alpha value is -2.53. The molecule has 2 aliphatic rings. The monoisotopic (exact) mass is 379 g/mol. The summed E-state index contributed by atoms with van der Waals surface area (Å²) < 4.78 is 5.24. The highest BCUT2D eigenvalue weighted by atomic mass is 16.5. The molecule has 2 aliphatic heterocycles. The predicted octanol–water partition coefficient (Wildman–Crippen LogP) is 2.79. The molecule has 0 spiro atoms. The van der Waals surface area contributed by atoms with Crippen LogP contribution in [0.2, 0.25) is 0 Å². The van der Waals surface area contributed by atoms with Crippen molar-refractivity contribution in [2.45, 2.75) is 25.9 Å². The van der Waals surface area contributed by atoms with Gasteiger partial charge in [-0.1, -0.05) is 24.3 Å². The van der Waals surface area contributed by atoms with Gasteiger partial charge >= 0.3 is 0 Å². The van der Waals surface area contributed by atoms with Crippen molar-refractivity contribution in [3.63, 3.8) is 0 Å². The fraction of sp³-hybridized carbons (Fsp3) is 0.435. The molecule has 148 valence electrons. The van der Waals surface area contributed by atoms with Crippen LogP contribution < -0.4 is 9.64 Å². The lowest BCUT2D eigenvalue weighted by Gasteiger charge is -2.40. The van der Waals surface area contributed by atoms with E-state index in [9.17, 15) is 4.79 Å². The number of benzene rings is 2. The molecule has 0 unspecified atom stereocenters. The molecule has 4 rings (SSSR count). The van der Waals surface area contributed by atoms with Crippen molar-refractivity contribution < 1.29 is 9.53 Å². The first-order valence-corrected chi connectivity index (χ1v) is 10.1. The van der Waals surface area contributed by atoms with E-state index in [0.717, 1.165) is 51.4 Å². The van der Waals surface area contributed by atoms with Crippen LogP contribution in [0.5, 0.6) is 5.75 Å². The van der Waals surface area contributed by atoms with Crippen molar-refractivity contribution in [1.29, 1.82) is 0 Å². The lowest BCUT2D eigenvalue weighted by atomic mass is 9.99. The Labute approximate surface area is 167 Å². The standard InChI is InChI=1S/C23H29N3O2/c1-18(23(27)26-12-11-19-5-3-4-6-20(19)17-26)24-13-15-25(16-14-24)21-7-9-22(28-2)10-8-21/h3-10,18H,11-17H2,1-2H3/t18-/m1/s1. The molecule has 28 heavy (non-hydrogen) atoms. The lowest BCUT2D eigenvalue weighted by molar-refractivity contribution is -0.137. The number of fused-ring (bicyclic) bond motifs is 1. The second-order valence-electron chi connectivity index (χ2n) is 7.68. The van der Waals surface area contributed by atoms with Gasteiger partial charge in [-0.3, -0.25) is 9.69 Å². The Morgan fingerprint density at radius 2 is 1.61 bits per heavy atom. The van der Waals surface area contributed by atoms with Gasteiger partial charge in [0.1, 0.15) is 5.75 Å². The van der Waals surface area contributed by atoms with E-state index < -0.39 is 0 Å². The molecule has 5 heteroatoms. The van der Waals surface area contributed by atoms with E-state index in [2.05, 4.69) is 53.1 Å². The summed E-state index contributed by atoms with van der Waals surface area (Å²) in [7, 11) is 1.69. The Morgan fingerprint density at radius 3 is 2.29 bits per heavy atom. The molecular weight excluding hydrogens is 350 g/mol. The molecule has 0 aromatic heterocycles. The molecular formula is C23H29N3O2. The van der Waals surface area contributed by atoms with Gasteiger partial charge in [0.2, 0.25) is 5.91 Å². The van der Waals surface area contributed by atoms with Crippen LogP contribution in [0.4, 0.5) is 5.69 Å². The SMILES string of the molecule is COc1ccc(N2CCN([C@H](C)C(=O)N3CCc4ccccc4C3)CC2)cc1. The van der Waals surface area contributed by atoms with E-state index in [1.54, 1.807) is 7.11 Å². The van der Waals surface area contributed by atoms with Crippen LogP contribution in [0, 0.1) is 0 Å². The smallest absolute Gasteiger partial charge is 0.239 e. The lowest BCUT2D eigenvalue weighted by Crippen LogP contribution is -2.55. The van der Waals surface area contributed by atoms with E-state index in [0.29, 0.717) is 0 Å². The second kappa shape index (κ2) is 8.23. The Kier molecular flexibility index (Phi) is 5.53. The first-order valence-electron chi connectivity index (χ1n) is 10.1. The number of methoxy groups -OCH3 is 1. The molecule has 1 atom stereocenters. The highest BCUT2D eigenvalue weighted by molar-refractivity contribution is 5.81. The summed E-state index contributed by atoms with van der Waals surface area (Å²) in [5.74, 6) is 1.14. The fourth-order valence-corrected chi connectivity index (χ4v) is 4.26. The van der Waals surface area contributed by atoms with E-state index in [-0.39, 0.29) is 11.9 Å². The molecule has 2 aromatic carbocycles. The van der Waals surface area contributed by atoms with Crippen LogP contribution in [0.1, 0.15) is 18.1 Å². The summed E-state index contributed by atoms with van der Waals surface area (Å²) >= 11 is 0. The van der Waals surface area contributed by atoms with E-state index in [4.69, 9.17) is 4.74 Å². The summed E-state index contributed by atoms with van der Waals surface area (Å²) in [6, 6.07) is 16.6. The van der Waals surface area contributed by atoms with Gasteiger partial charge in [0.05, 0.1) is 13.2 Å². The minimum Gasteiger partial charge on any atom is -0.497 e. The molecule has 0 radical (unpaired) electrons. The van der Waals surface area contributed by atoms with Crippen LogP contribution in [0.3, 0.4) is 0 Å². The number of ether oxygens (including phenoxy) is 1. The predicted molar refractivity (Wildman–Crippen MR) is 112 cm³/mol. The van der Waals surface area contributed by atoms with Gasteiger partial charge in [-0.15, -0.1) is 0 Å². The number of carbonyl (C=O) groups excluding carboxylic acids is 1. The van der Waals surface area contributed by atoms with Crippen molar-refractivity contribution >= 4 is 11.6 Å². The average Bonchev–Trinajstić information content (AvgIpc) is 2.78. The van der Waals surface area contributed by atoms with Crippen molar-refractivity contribution in [3.8, 4) is 5.75 Å². The maximum absolute atomic E-state index is 13.1. The number of piperazine rings is 1. The fourth-order valence-electron chi connectivity index (χ4n) is 4.26. The Bertz CT molecular complexity index is 813. The summed E-state index contributed by atoms with van der Waals surface area (Å²) in [6.45, 7) is 7.31. The summed E-state index contributed by atoms with van der Waals surface area (Å²) in [5, 5.41) is 0. The van der Waals surface area contributed by atoms with Crippen LogP contribution >= 0.6 is 0 Å². The minimum absolute atomic E-state index is 0.0664. The van der Waals surface area contributed by atoms with Gasteiger partial charge in [-0.2, -0.15) is 0 Å². The maximum atomic E-state index is 13.1. The summed E-state index contributed by atoms with van der Waals surface area (Å²) in [5.41, 5.74) is 3.89. The van der Waals surface area contributed by atoms with E-state index in [1.807, 2.05) is 17.0 Å². The minimum atomic E-state index is -0.0664. The van der Waals surface area contributed by atoms with Crippen molar-refractivity contribution in [3.05, 3.63) is 59.7 Å². The first-order chi connectivity index (χ1) is 13.7. The molecule has 2 aromatic rings. The molecule has 0 N–H and O–H groups in total. The van der Waals surface area contributed by atoms with Crippen LogP contribution in [-0.4, -0.2) is 61.6 Å². The highest BCUT2D eigenvalue weighted by Gasteiger charge is 2.30. The third-order valence-corrected chi connectivity index (χ3v) is 6.10. The first kappa shape index (κ1) is 18.8. The quantitative estimate of drug-likeness (QED) is 0.819. The van der Waals surface area contributed by atoms with Crippen LogP contribution in [-0.2, 0) is 17.8 Å². The van der Waals surface area contributed by atoms with Crippen LogP contribution in [0.25, 0.3) is 0 Å². The van der Waals surface area contributed by atoms with Gasteiger partial charge in [-0.25, -0.2) is 0 Å². The average molecular weight is 380 g/mol. The number of hydrogen-bond donors (Lipinski definition) is 0. The number of hydrogen-bond acceptors (Lipinski definition) is 4. The molecule has 2 heterocycles. The molecule has 0 saturated carbocycles. The van der Waals surface area contributed by atoms with Gasteiger partial charge in [0.25, 0.3) is 0 Å². The van der Waals surface area contributed by atoms with Crippen molar-refractivity contribution in [2.24, 2.45) is 0 Å². The summed E-state index contributed by atoms with van der Waals surface area (Å²) in [6.07, 6.45) is 0.958. The zero-order valence-electron chi connectivity index (χ0n) is 16.8. The van der Waals surface area contributed by atoms with Gasteiger partial charge < -0.3 is 14.5 Å². The summed E-state index contributed by atoms with van der Waals surface area (Å²) in [4.78, 5) is 19.8. The van der Waals surface area contributed by atoms with Crippen molar-refractivity contribution in [2.75, 3.05) is 44.7 Å². The van der Waals surface area contributed by atoms with E-state index in [1.165, 1.54) is 16.8 Å². The number of amides is 1. The van der Waals surface area contributed by atoms with Crippen LogP contribution in [0.15, 0.2) is 48.5 Å². The van der Waals surface area contributed by atoms with Gasteiger partial charge in [-0.05, 0) is 48.7 Å². The second-order valence-corrected chi connectivity index (χ2v) is 7.68. The largest absolute Gasteiger partial charge is 0.497 e. The number of carbonyl (C=O) groups is 1. The molecule has 0 bridgehead atoms. The molecule has 1 amide bonds. The highest BCUT2D eigenvalue weighted by Crippen LogP contribution is 2.23. The number of nitrogens with zero attached hydrogens (tertiary/aromatic N) is 3. The third-order valence-electron chi connectivity index (χ3n) is 6.10. The zero-order valence-corrected chi connectivity index (χ0v) is 16.8. The number of rotatable bonds is 4. The topological polar surface area (TPSA) is 36.0 Å². The van der Waals surface area contributed by atoms with Gasteiger partial charge in [0, 0.05) is 45.0 Å². The number of anilines is 1. The van der Waals surface area contributed by atoms with E-state index >= 15 is 0 Å². The third kappa shape index (κ3) is 3.85. The Morgan fingerprint density at radius 1 is 0.929 bits per heavy atom. The normalized spacial score (nSPS) is 18.5. The molecule has 0 aliphatic carbocycles. The van der Waals surface area contributed by atoms with Crippen molar-refractivity contribution in [1.82, 2.24) is 9.80 Å².